The zero-order valence-electron chi connectivity index (χ0n) is 29.8. The largest absolute Gasteiger partial charge is 0.497 e. The Morgan fingerprint density at radius 1 is 1.00 bits per heavy atom. The number of hydrogen-bond acceptors (Lipinski definition) is 6. The maximum absolute atomic E-state index is 16.4. The number of nitrogens with one attached hydrogen (secondary N) is 1. The molecule has 9 nitrogen and oxygen atoms in total. The number of aliphatic hydroxyl groups excluding tert-OH is 1. The van der Waals surface area contributed by atoms with Crippen LogP contribution in [0.1, 0.15) is 46.0 Å². The van der Waals surface area contributed by atoms with Gasteiger partial charge in [0.2, 0.25) is 14.3 Å². The molecule has 0 radical (unpaired) electrons. The third-order valence-electron chi connectivity index (χ3n) is 11.0. The van der Waals surface area contributed by atoms with Crippen LogP contribution in [0.25, 0.3) is 0 Å². The van der Waals surface area contributed by atoms with Crippen molar-refractivity contribution in [2.75, 3.05) is 23.9 Å². The third-order valence-corrected chi connectivity index (χ3v) is 13.5. The molecule has 3 aliphatic heterocycles. The lowest BCUT2D eigenvalue weighted by Crippen LogP contribution is -2.48. The molecule has 0 aliphatic carbocycles. The predicted molar refractivity (Wildman–Crippen MR) is 199 cm³/mol. The van der Waals surface area contributed by atoms with E-state index in [1.54, 1.807) is 60.3 Å². The molecule has 5 atom stereocenters. The highest BCUT2D eigenvalue weighted by Crippen LogP contribution is 2.60. The van der Waals surface area contributed by atoms with Crippen LogP contribution >= 0.6 is 0 Å². The van der Waals surface area contributed by atoms with Crippen molar-refractivity contribution in [2.24, 2.45) is 5.92 Å². The van der Waals surface area contributed by atoms with Crippen molar-refractivity contribution in [3.63, 3.8) is 0 Å². The molecule has 3 heterocycles. The van der Waals surface area contributed by atoms with E-state index >= 15 is 4.11 Å². The summed E-state index contributed by atoms with van der Waals surface area (Å²) in [5.41, 5.74) is 3.16. The standard InChI is InChI=1S/C41H44FN3O6Si/c1-26-38(52(3,4)42)36(22-37(47)44-24-30-12-6-5-11-29(30)21-32(44)25-46)51-41(26)34-14-7-8-15-35(34)45(40(41)49)23-27-10-9-13-31(20-27)43-39(48)28-16-18-33(50-2)19-17-28/h5-20,26,32,36,38,46H,21-25H2,1-4H3,(H,43,48)/t26-,32+,36+,38-,41+/m1/s1. The number of fused-ring (bicyclic) bond motifs is 3. The van der Waals surface area contributed by atoms with Crippen LogP contribution in [0.2, 0.25) is 18.6 Å². The zero-order valence-corrected chi connectivity index (χ0v) is 30.8. The maximum Gasteiger partial charge on any atom is 0.264 e. The van der Waals surface area contributed by atoms with Crippen molar-refractivity contribution in [3.05, 3.63) is 125 Å². The molecule has 4 aromatic carbocycles. The highest BCUT2D eigenvalue weighted by atomic mass is 28.4. The van der Waals surface area contributed by atoms with Gasteiger partial charge in [0.15, 0.2) is 5.60 Å². The monoisotopic (exact) mass is 721 g/mol. The summed E-state index contributed by atoms with van der Waals surface area (Å²) in [4.78, 5) is 45.3. The van der Waals surface area contributed by atoms with Crippen molar-refractivity contribution < 1.29 is 33.1 Å². The number of amides is 3. The number of para-hydroxylation sites is 1. The van der Waals surface area contributed by atoms with Gasteiger partial charge in [-0.2, -0.15) is 0 Å². The van der Waals surface area contributed by atoms with Gasteiger partial charge in [-0.15, -0.1) is 0 Å². The topological polar surface area (TPSA) is 108 Å². The number of anilines is 2. The molecular formula is C41H44FN3O6Si. The van der Waals surface area contributed by atoms with E-state index in [4.69, 9.17) is 9.47 Å². The predicted octanol–water partition coefficient (Wildman–Crippen LogP) is 6.61. The van der Waals surface area contributed by atoms with Crippen LogP contribution in [-0.2, 0) is 39.4 Å². The van der Waals surface area contributed by atoms with Gasteiger partial charge in [-0.3, -0.25) is 14.4 Å². The summed E-state index contributed by atoms with van der Waals surface area (Å²) in [6, 6.07) is 29.1. The minimum Gasteiger partial charge on any atom is -0.497 e. The fourth-order valence-electron chi connectivity index (χ4n) is 8.57. The smallest absolute Gasteiger partial charge is 0.264 e. The van der Waals surface area contributed by atoms with Crippen molar-refractivity contribution in [1.29, 1.82) is 0 Å². The first-order valence-corrected chi connectivity index (χ1v) is 20.7. The van der Waals surface area contributed by atoms with Gasteiger partial charge in [0, 0.05) is 34.8 Å². The number of ether oxygens (including phenoxy) is 2. The molecule has 0 bridgehead atoms. The number of methoxy groups -OCH3 is 1. The molecule has 1 fully saturated rings. The van der Waals surface area contributed by atoms with Crippen LogP contribution < -0.4 is 15.0 Å². The van der Waals surface area contributed by atoms with Crippen molar-refractivity contribution >= 4 is 37.5 Å². The van der Waals surface area contributed by atoms with E-state index in [1.807, 2.05) is 73.7 Å². The van der Waals surface area contributed by atoms with Crippen molar-refractivity contribution in [2.45, 2.75) is 69.2 Å². The van der Waals surface area contributed by atoms with E-state index in [0.717, 1.165) is 16.7 Å². The van der Waals surface area contributed by atoms with Gasteiger partial charge in [-0.25, -0.2) is 0 Å². The average molecular weight is 722 g/mol. The number of halogens is 1. The molecule has 4 aromatic rings. The van der Waals surface area contributed by atoms with Gasteiger partial charge in [0.25, 0.3) is 11.8 Å². The highest BCUT2D eigenvalue weighted by molar-refractivity contribution is 6.72. The molecule has 3 aliphatic rings. The van der Waals surface area contributed by atoms with Crippen molar-refractivity contribution in [1.82, 2.24) is 4.90 Å². The summed E-state index contributed by atoms with van der Waals surface area (Å²) in [5, 5.41) is 13.2. The maximum atomic E-state index is 16.4. The number of benzene rings is 4. The molecule has 1 spiro atoms. The van der Waals surface area contributed by atoms with E-state index in [0.29, 0.717) is 41.2 Å². The number of carbonyl (C=O) groups is 3. The second kappa shape index (κ2) is 13.9. The first-order chi connectivity index (χ1) is 24.9. The van der Waals surface area contributed by atoms with E-state index < -0.39 is 37.6 Å². The van der Waals surface area contributed by atoms with E-state index in [2.05, 4.69) is 5.32 Å². The summed E-state index contributed by atoms with van der Waals surface area (Å²) in [6.07, 6.45) is -0.398. The minimum atomic E-state index is -3.51. The van der Waals surface area contributed by atoms with Gasteiger partial charge in [-0.1, -0.05) is 61.5 Å². The molecule has 0 aromatic heterocycles. The molecule has 270 valence electrons. The fraction of sp³-hybridized carbons (Fsp3) is 0.341. The number of hydrogen-bond donors (Lipinski definition) is 2. The third kappa shape index (κ3) is 6.31. The molecule has 11 heteroatoms. The second-order valence-electron chi connectivity index (χ2n) is 14.6. The van der Waals surface area contributed by atoms with Gasteiger partial charge in [-0.05, 0) is 78.7 Å². The van der Waals surface area contributed by atoms with E-state index in [-0.39, 0.29) is 37.3 Å². The fourth-order valence-corrected chi connectivity index (χ4v) is 11.1. The van der Waals surface area contributed by atoms with Gasteiger partial charge >= 0.3 is 0 Å². The van der Waals surface area contributed by atoms with Crippen LogP contribution in [0.3, 0.4) is 0 Å². The summed E-state index contributed by atoms with van der Waals surface area (Å²) in [6.45, 7) is 5.48. The Hall–Kier alpha value is -4.84. The normalized spacial score (nSPS) is 23.8. The number of nitrogens with zero attached hydrogens (tertiary/aromatic N) is 2. The summed E-state index contributed by atoms with van der Waals surface area (Å²) in [7, 11) is -1.94. The Kier molecular flexibility index (Phi) is 9.53. The highest BCUT2D eigenvalue weighted by Gasteiger charge is 2.67. The van der Waals surface area contributed by atoms with Gasteiger partial charge < -0.3 is 33.8 Å². The lowest BCUT2D eigenvalue weighted by molar-refractivity contribution is -0.151. The average Bonchev–Trinajstić information content (AvgIpc) is 3.57. The number of aliphatic hydroxyl groups is 1. The Morgan fingerprint density at radius 3 is 2.42 bits per heavy atom. The Balaban J connectivity index is 1.15. The molecule has 52 heavy (non-hydrogen) atoms. The number of rotatable bonds is 9. The molecule has 7 rings (SSSR count). The van der Waals surface area contributed by atoms with Gasteiger partial charge in [0.05, 0.1) is 44.5 Å². The molecule has 2 N–H and O–H groups in total. The first kappa shape index (κ1) is 35.6. The van der Waals surface area contributed by atoms with Crippen LogP contribution in [0.5, 0.6) is 5.75 Å². The summed E-state index contributed by atoms with van der Waals surface area (Å²) in [5.74, 6) is -0.709. The quantitative estimate of drug-likeness (QED) is 0.149. The van der Waals surface area contributed by atoms with Crippen LogP contribution in [0.4, 0.5) is 15.5 Å². The van der Waals surface area contributed by atoms with E-state index in [9.17, 15) is 19.5 Å². The van der Waals surface area contributed by atoms with Gasteiger partial charge in [0.1, 0.15) is 5.75 Å². The minimum absolute atomic E-state index is 0.0961. The molecule has 3 amide bonds. The molecule has 1 saturated heterocycles. The lowest BCUT2D eigenvalue weighted by atomic mass is 9.82. The SMILES string of the molecule is COc1ccc(C(=O)Nc2cccc(CN3C(=O)[C@@]4(O[C@@H](CC(=O)N5Cc6ccccc6C[C@H]5CO)[C@H]([Si](C)(C)F)[C@H]4C)c4ccccc43)c2)cc1. The summed E-state index contributed by atoms with van der Waals surface area (Å²) >= 11 is 0. The van der Waals surface area contributed by atoms with E-state index in [1.165, 1.54) is 0 Å². The second-order valence-corrected chi connectivity index (χ2v) is 18.4. The van der Waals surface area contributed by atoms with Crippen molar-refractivity contribution in [3.8, 4) is 5.75 Å². The molecule has 0 unspecified atom stereocenters. The van der Waals surface area contributed by atoms with Crippen LogP contribution in [0.15, 0.2) is 97.1 Å². The molecular weight excluding hydrogens is 678 g/mol. The van der Waals surface area contributed by atoms with Crippen LogP contribution in [0, 0.1) is 5.92 Å². The Labute approximate surface area is 304 Å². The first-order valence-electron chi connectivity index (χ1n) is 17.7. The Morgan fingerprint density at radius 2 is 1.71 bits per heavy atom. The number of carbonyl (C=O) groups excluding carboxylic acids is 3. The Bertz CT molecular complexity index is 2000. The molecule has 0 saturated carbocycles. The van der Waals surface area contributed by atoms with Crippen LogP contribution in [-0.4, -0.2) is 62.0 Å². The summed E-state index contributed by atoms with van der Waals surface area (Å²) < 4.78 is 28.5. The lowest BCUT2D eigenvalue weighted by Gasteiger charge is -2.37. The zero-order chi connectivity index (χ0) is 36.8.